The van der Waals surface area contributed by atoms with Crippen LogP contribution in [0.1, 0.15) is 34.5 Å². The fourth-order valence-electron chi connectivity index (χ4n) is 4.98. The Morgan fingerprint density at radius 3 is 2.68 bits per heavy atom. The topological polar surface area (TPSA) is 117 Å². The number of urea groups is 1. The van der Waals surface area contributed by atoms with E-state index in [9.17, 15) is 14.4 Å². The van der Waals surface area contributed by atoms with Crippen molar-refractivity contribution >= 4 is 34.8 Å². The van der Waals surface area contributed by atoms with Crippen molar-refractivity contribution < 1.29 is 23.5 Å². The highest BCUT2D eigenvalue weighted by atomic mass is 16.5. The van der Waals surface area contributed by atoms with Crippen LogP contribution >= 0.6 is 0 Å². The van der Waals surface area contributed by atoms with Crippen LogP contribution in [-0.2, 0) is 16.9 Å². The number of hydrogen-bond acceptors (Lipinski definition) is 7. The van der Waals surface area contributed by atoms with E-state index in [1.165, 1.54) is 12.0 Å². The molecule has 2 N–H and O–H groups in total. The number of amides is 4. The molecule has 2 aromatic heterocycles. The smallest absolute Gasteiger partial charge is 0.322 e. The summed E-state index contributed by atoms with van der Waals surface area (Å²) in [6.07, 6.45) is 2.26. The van der Waals surface area contributed by atoms with Gasteiger partial charge >= 0.3 is 6.03 Å². The molecule has 0 saturated carbocycles. The number of carbonyl (C=O) groups is 3. The largest absolute Gasteiger partial charge is 0.497 e. The predicted molar refractivity (Wildman–Crippen MR) is 122 cm³/mol. The summed E-state index contributed by atoms with van der Waals surface area (Å²) in [5, 5.41) is 5.01. The van der Waals surface area contributed by atoms with E-state index in [0.717, 1.165) is 37.3 Å². The summed E-state index contributed by atoms with van der Waals surface area (Å²) in [5.74, 6) is 0.849. The van der Waals surface area contributed by atoms with E-state index in [1.54, 1.807) is 18.2 Å². The molecule has 0 bridgehead atoms. The van der Waals surface area contributed by atoms with Gasteiger partial charge in [-0.05, 0) is 42.7 Å². The average molecular weight is 461 g/mol. The number of rotatable bonds is 5. The standard InChI is InChI=1S/C24H23N5O5/c1-33-15-5-4-14-12-29(21(30)16(14)10-15)13-24(22(31)26-23(32)27-24)19-11-17-18(34-19)6-7-20(25-17)28-8-2-3-9-28/h4-7,10-11H,2-3,8-9,12-13H2,1H3,(H2,26,27,31,32)/t24-/m0/s1. The highest BCUT2D eigenvalue weighted by Crippen LogP contribution is 2.35. The van der Waals surface area contributed by atoms with Crippen LogP contribution in [0.5, 0.6) is 5.75 Å². The second-order valence-electron chi connectivity index (χ2n) is 8.86. The van der Waals surface area contributed by atoms with Crippen molar-refractivity contribution in [2.24, 2.45) is 0 Å². The van der Waals surface area contributed by atoms with Gasteiger partial charge in [-0.3, -0.25) is 14.9 Å². The summed E-state index contributed by atoms with van der Waals surface area (Å²) >= 11 is 0. The highest BCUT2D eigenvalue weighted by molar-refractivity contribution is 6.08. The Labute approximate surface area is 194 Å². The fraction of sp³-hybridized carbons (Fsp3) is 0.333. The summed E-state index contributed by atoms with van der Waals surface area (Å²) in [6.45, 7) is 2.13. The van der Waals surface area contributed by atoms with Crippen LogP contribution in [0.15, 0.2) is 40.8 Å². The Balaban J connectivity index is 1.36. The van der Waals surface area contributed by atoms with Crippen molar-refractivity contribution in [2.75, 3.05) is 31.6 Å². The SMILES string of the molecule is COc1ccc2c(c1)C(=O)N(C[C@@]1(c3cc4nc(N5CCCC5)ccc4o3)NC(=O)NC1=O)C2. The van der Waals surface area contributed by atoms with Crippen molar-refractivity contribution in [3.05, 3.63) is 53.3 Å². The number of carbonyl (C=O) groups excluding carboxylic acids is 3. The maximum absolute atomic E-state index is 13.2. The van der Waals surface area contributed by atoms with E-state index in [-0.39, 0.29) is 18.2 Å². The molecule has 34 heavy (non-hydrogen) atoms. The van der Waals surface area contributed by atoms with Crippen LogP contribution in [0, 0.1) is 0 Å². The minimum atomic E-state index is -1.56. The fourth-order valence-corrected chi connectivity index (χ4v) is 4.98. The van der Waals surface area contributed by atoms with Crippen LogP contribution in [0.2, 0.25) is 0 Å². The van der Waals surface area contributed by atoms with Gasteiger partial charge in [-0.15, -0.1) is 0 Å². The Kier molecular flexibility index (Phi) is 4.51. The molecule has 0 aliphatic carbocycles. The lowest BCUT2D eigenvalue weighted by Gasteiger charge is -2.28. The lowest BCUT2D eigenvalue weighted by atomic mass is 9.95. The number of nitrogens with one attached hydrogen (secondary N) is 2. The van der Waals surface area contributed by atoms with E-state index in [4.69, 9.17) is 14.1 Å². The van der Waals surface area contributed by atoms with Gasteiger partial charge in [-0.25, -0.2) is 9.78 Å². The Morgan fingerprint density at radius 1 is 1.12 bits per heavy atom. The van der Waals surface area contributed by atoms with Gasteiger partial charge < -0.3 is 24.3 Å². The van der Waals surface area contributed by atoms with Gasteiger partial charge in [-0.2, -0.15) is 0 Å². The van der Waals surface area contributed by atoms with Gasteiger partial charge in [0.15, 0.2) is 11.1 Å². The first-order valence-electron chi connectivity index (χ1n) is 11.2. The molecule has 10 nitrogen and oxygen atoms in total. The van der Waals surface area contributed by atoms with Gasteiger partial charge in [0.05, 0.1) is 13.7 Å². The molecule has 1 atom stereocenters. The number of hydrogen-bond donors (Lipinski definition) is 2. The normalized spacial score (nSPS) is 21.9. The maximum Gasteiger partial charge on any atom is 0.322 e. The molecule has 174 valence electrons. The Hall–Kier alpha value is -4.08. The predicted octanol–water partition coefficient (Wildman–Crippen LogP) is 2.13. The first kappa shape index (κ1) is 20.5. The molecule has 2 fully saturated rings. The minimum Gasteiger partial charge on any atom is -0.497 e. The first-order chi connectivity index (χ1) is 16.5. The van der Waals surface area contributed by atoms with E-state index in [2.05, 4.69) is 15.5 Å². The summed E-state index contributed by atoms with van der Waals surface area (Å²) in [5.41, 5.74) is 0.876. The molecule has 3 aliphatic heterocycles. The van der Waals surface area contributed by atoms with E-state index in [1.807, 2.05) is 18.2 Å². The summed E-state index contributed by atoms with van der Waals surface area (Å²) in [6, 6.07) is 10.1. The van der Waals surface area contributed by atoms with Gasteiger partial charge in [0.2, 0.25) is 0 Å². The molecule has 3 aliphatic rings. The number of anilines is 1. The molecule has 10 heteroatoms. The lowest BCUT2D eigenvalue weighted by molar-refractivity contribution is -0.125. The van der Waals surface area contributed by atoms with Crippen LogP contribution in [0.4, 0.5) is 10.6 Å². The van der Waals surface area contributed by atoms with E-state index >= 15 is 0 Å². The average Bonchev–Trinajstić information content (AvgIpc) is 3.61. The van der Waals surface area contributed by atoms with Gasteiger partial charge in [0.1, 0.15) is 22.8 Å². The molecule has 2 saturated heterocycles. The van der Waals surface area contributed by atoms with Crippen LogP contribution in [0.3, 0.4) is 0 Å². The first-order valence-corrected chi connectivity index (χ1v) is 11.2. The third kappa shape index (κ3) is 3.09. The number of pyridine rings is 1. The van der Waals surface area contributed by atoms with Crippen molar-refractivity contribution in [3.8, 4) is 5.75 Å². The third-order valence-corrected chi connectivity index (χ3v) is 6.78. The minimum absolute atomic E-state index is 0.0841. The number of ether oxygens (including phenoxy) is 1. The zero-order chi connectivity index (χ0) is 23.4. The molecular formula is C24H23N5O5. The number of imide groups is 1. The summed E-state index contributed by atoms with van der Waals surface area (Å²) in [7, 11) is 1.54. The van der Waals surface area contributed by atoms with Crippen molar-refractivity contribution in [1.29, 1.82) is 0 Å². The Morgan fingerprint density at radius 2 is 1.94 bits per heavy atom. The van der Waals surface area contributed by atoms with Crippen LogP contribution in [0.25, 0.3) is 11.1 Å². The van der Waals surface area contributed by atoms with Crippen LogP contribution < -0.4 is 20.3 Å². The number of aromatic nitrogens is 1. The number of furan rings is 1. The van der Waals surface area contributed by atoms with Gasteiger partial charge in [0.25, 0.3) is 11.8 Å². The van der Waals surface area contributed by atoms with Crippen molar-refractivity contribution in [3.63, 3.8) is 0 Å². The summed E-state index contributed by atoms with van der Waals surface area (Å²) in [4.78, 5) is 46.9. The molecular weight excluding hydrogens is 438 g/mol. The molecule has 5 heterocycles. The number of methoxy groups -OCH3 is 1. The number of fused-ring (bicyclic) bond motifs is 2. The van der Waals surface area contributed by atoms with E-state index < -0.39 is 17.5 Å². The molecule has 1 aromatic carbocycles. The second-order valence-corrected chi connectivity index (χ2v) is 8.86. The van der Waals surface area contributed by atoms with Gasteiger partial charge in [-0.1, -0.05) is 6.07 Å². The zero-order valence-electron chi connectivity index (χ0n) is 18.6. The van der Waals surface area contributed by atoms with E-state index in [0.29, 0.717) is 29.0 Å². The molecule has 3 aromatic rings. The number of nitrogens with zero attached hydrogens (tertiary/aromatic N) is 3. The molecule has 0 unspecified atom stereocenters. The molecule has 4 amide bonds. The second kappa shape index (κ2) is 7.47. The maximum atomic E-state index is 13.2. The summed E-state index contributed by atoms with van der Waals surface area (Å²) < 4.78 is 11.3. The quantitative estimate of drug-likeness (QED) is 0.559. The third-order valence-electron chi connectivity index (χ3n) is 6.78. The zero-order valence-corrected chi connectivity index (χ0v) is 18.6. The van der Waals surface area contributed by atoms with Crippen molar-refractivity contribution in [1.82, 2.24) is 20.5 Å². The molecule has 6 rings (SSSR count). The molecule has 0 radical (unpaired) electrons. The van der Waals surface area contributed by atoms with Gasteiger partial charge in [0, 0.05) is 31.3 Å². The molecule has 0 spiro atoms. The monoisotopic (exact) mass is 461 g/mol. The van der Waals surface area contributed by atoms with Crippen molar-refractivity contribution in [2.45, 2.75) is 24.9 Å². The lowest BCUT2D eigenvalue weighted by Crippen LogP contribution is -2.52. The number of benzene rings is 1. The Bertz CT molecular complexity index is 1340. The highest BCUT2D eigenvalue weighted by Gasteiger charge is 2.53. The van der Waals surface area contributed by atoms with Crippen LogP contribution in [-0.4, -0.2) is 54.5 Å².